The van der Waals surface area contributed by atoms with Crippen molar-refractivity contribution >= 4 is 23.3 Å². The van der Waals surface area contributed by atoms with Gasteiger partial charge in [-0.3, -0.25) is 10.1 Å². The van der Waals surface area contributed by atoms with Crippen molar-refractivity contribution in [1.29, 1.82) is 0 Å². The van der Waals surface area contributed by atoms with Crippen molar-refractivity contribution in [2.75, 3.05) is 0 Å². The van der Waals surface area contributed by atoms with Crippen LogP contribution in [0.5, 0.6) is 0 Å². The van der Waals surface area contributed by atoms with Crippen molar-refractivity contribution in [3.8, 4) is 0 Å². The summed E-state index contributed by atoms with van der Waals surface area (Å²) in [4.78, 5) is 22.6. The maximum atomic E-state index is 12.4. The second-order valence-corrected chi connectivity index (χ2v) is 7.10. The number of esters is 1. The molecule has 1 fully saturated rings. The summed E-state index contributed by atoms with van der Waals surface area (Å²) in [5.74, 6) is 0.796. The maximum absolute atomic E-state index is 12.4. The van der Waals surface area contributed by atoms with Crippen molar-refractivity contribution in [2.24, 2.45) is 17.8 Å². The number of nitrogens with zero attached hydrogens (tertiary/aromatic N) is 1. The van der Waals surface area contributed by atoms with E-state index in [1.807, 2.05) is 0 Å². The van der Waals surface area contributed by atoms with Gasteiger partial charge < -0.3 is 4.74 Å². The van der Waals surface area contributed by atoms with Crippen LogP contribution in [0, 0.1) is 27.9 Å². The summed E-state index contributed by atoms with van der Waals surface area (Å²) in [6.07, 6.45) is 2.91. The average Bonchev–Trinajstić information content (AvgIpc) is 2.46. The minimum atomic E-state index is -0.543. The molecule has 1 aromatic carbocycles. The fourth-order valence-electron chi connectivity index (χ4n) is 3.23. The normalized spacial score (nSPS) is 24.5. The largest absolute Gasteiger partial charge is 0.458 e. The Morgan fingerprint density at radius 3 is 2.65 bits per heavy atom. The monoisotopic (exact) mass is 339 g/mol. The van der Waals surface area contributed by atoms with E-state index < -0.39 is 10.9 Å². The molecule has 0 aromatic heterocycles. The van der Waals surface area contributed by atoms with Crippen LogP contribution in [0.15, 0.2) is 18.2 Å². The van der Waals surface area contributed by atoms with Gasteiger partial charge in [0.2, 0.25) is 0 Å². The first-order valence-electron chi connectivity index (χ1n) is 7.94. The first-order valence-corrected chi connectivity index (χ1v) is 8.32. The molecule has 126 valence electrons. The van der Waals surface area contributed by atoms with Gasteiger partial charge in [0.25, 0.3) is 5.69 Å². The quantitative estimate of drug-likeness (QED) is 0.446. The molecule has 23 heavy (non-hydrogen) atoms. The number of hydrogen-bond donors (Lipinski definition) is 0. The Kier molecular flexibility index (Phi) is 5.63. The third-order valence-corrected chi connectivity index (χ3v) is 4.92. The molecule has 0 radical (unpaired) electrons. The van der Waals surface area contributed by atoms with E-state index in [1.54, 1.807) is 0 Å². The molecule has 3 atom stereocenters. The molecule has 1 aliphatic carbocycles. The smallest absolute Gasteiger partial charge is 0.339 e. The lowest BCUT2D eigenvalue weighted by molar-refractivity contribution is -0.384. The van der Waals surface area contributed by atoms with Gasteiger partial charge in [0.15, 0.2) is 0 Å². The number of nitro benzene ring substituents is 1. The van der Waals surface area contributed by atoms with E-state index in [4.69, 9.17) is 16.3 Å². The summed E-state index contributed by atoms with van der Waals surface area (Å²) in [7, 11) is 0. The van der Waals surface area contributed by atoms with Gasteiger partial charge in [0, 0.05) is 12.1 Å². The van der Waals surface area contributed by atoms with Crippen LogP contribution in [0.25, 0.3) is 0 Å². The zero-order valence-electron chi connectivity index (χ0n) is 13.6. The first kappa shape index (κ1) is 17.7. The number of ether oxygens (including phenoxy) is 1. The molecule has 0 amide bonds. The second-order valence-electron chi connectivity index (χ2n) is 6.69. The van der Waals surface area contributed by atoms with Crippen LogP contribution in [0.2, 0.25) is 5.02 Å². The molecular weight excluding hydrogens is 318 g/mol. The number of halogens is 1. The molecule has 1 saturated carbocycles. The third kappa shape index (κ3) is 4.22. The fourth-order valence-corrected chi connectivity index (χ4v) is 3.49. The molecule has 2 rings (SSSR count). The predicted molar refractivity (Wildman–Crippen MR) is 88.7 cm³/mol. The molecule has 6 heteroatoms. The van der Waals surface area contributed by atoms with Crippen molar-refractivity contribution in [1.82, 2.24) is 0 Å². The maximum Gasteiger partial charge on any atom is 0.339 e. The average molecular weight is 340 g/mol. The van der Waals surface area contributed by atoms with E-state index in [0.29, 0.717) is 17.8 Å². The molecule has 1 aromatic rings. The summed E-state index contributed by atoms with van der Waals surface area (Å²) in [5.41, 5.74) is 0.0379. The Bertz CT molecular complexity index is 602. The van der Waals surface area contributed by atoms with E-state index in [-0.39, 0.29) is 22.4 Å². The molecule has 5 nitrogen and oxygen atoms in total. The molecule has 0 heterocycles. The van der Waals surface area contributed by atoms with Gasteiger partial charge in [-0.1, -0.05) is 38.8 Å². The van der Waals surface area contributed by atoms with Crippen molar-refractivity contribution in [2.45, 2.75) is 46.1 Å². The van der Waals surface area contributed by atoms with Gasteiger partial charge in [0.05, 0.1) is 15.5 Å². The summed E-state index contributed by atoms with van der Waals surface area (Å²) in [5, 5.41) is 10.8. The van der Waals surface area contributed by atoms with Crippen LogP contribution >= 0.6 is 11.6 Å². The van der Waals surface area contributed by atoms with Crippen LogP contribution in [0.1, 0.15) is 50.4 Å². The van der Waals surface area contributed by atoms with E-state index in [0.717, 1.165) is 19.3 Å². The summed E-state index contributed by atoms with van der Waals surface area (Å²) < 4.78 is 5.71. The molecule has 0 aliphatic heterocycles. The van der Waals surface area contributed by atoms with Gasteiger partial charge in [-0.15, -0.1) is 0 Å². The number of carbonyl (C=O) groups excluding carboxylic acids is 1. The van der Waals surface area contributed by atoms with Crippen LogP contribution in [0.4, 0.5) is 5.69 Å². The Balaban J connectivity index is 2.15. The van der Waals surface area contributed by atoms with Gasteiger partial charge in [-0.25, -0.2) is 4.79 Å². The van der Waals surface area contributed by atoms with Crippen LogP contribution in [-0.2, 0) is 4.74 Å². The highest BCUT2D eigenvalue weighted by molar-refractivity contribution is 6.33. The molecule has 0 N–H and O–H groups in total. The van der Waals surface area contributed by atoms with Crippen molar-refractivity contribution < 1.29 is 14.5 Å². The molecule has 0 spiro atoms. The fraction of sp³-hybridized carbons (Fsp3) is 0.588. The van der Waals surface area contributed by atoms with Crippen LogP contribution in [-0.4, -0.2) is 17.0 Å². The van der Waals surface area contributed by atoms with E-state index >= 15 is 0 Å². The SMILES string of the molecule is CC(C)[C@H]1CC[C@@H](C)C[C@@H]1OC(=O)c1ccc([N+](=O)[O-])cc1Cl. The molecule has 0 unspecified atom stereocenters. The molecular formula is C17H22ClNO4. The summed E-state index contributed by atoms with van der Waals surface area (Å²) >= 11 is 6.01. The zero-order valence-corrected chi connectivity index (χ0v) is 14.4. The number of carbonyl (C=O) groups is 1. The van der Waals surface area contributed by atoms with Crippen LogP contribution in [0.3, 0.4) is 0 Å². The number of benzene rings is 1. The van der Waals surface area contributed by atoms with Gasteiger partial charge in [-0.2, -0.15) is 0 Å². The molecule has 1 aliphatic rings. The summed E-state index contributed by atoms with van der Waals surface area (Å²) in [6, 6.07) is 3.81. The van der Waals surface area contributed by atoms with Gasteiger partial charge in [0.1, 0.15) is 6.10 Å². The van der Waals surface area contributed by atoms with Gasteiger partial charge in [-0.05, 0) is 36.7 Å². The minimum absolute atomic E-state index is 0.0501. The lowest BCUT2D eigenvalue weighted by atomic mass is 9.75. The molecule has 0 saturated heterocycles. The Hall–Kier alpha value is -1.62. The lowest BCUT2D eigenvalue weighted by Gasteiger charge is -2.36. The number of nitro groups is 1. The topological polar surface area (TPSA) is 69.4 Å². The lowest BCUT2D eigenvalue weighted by Crippen LogP contribution is -2.35. The minimum Gasteiger partial charge on any atom is -0.458 e. The highest BCUT2D eigenvalue weighted by Gasteiger charge is 2.34. The number of rotatable bonds is 4. The third-order valence-electron chi connectivity index (χ3n) is 4.60. The highest BCUT2D eigenvalue weighted by Crippen LogP contribution is 2.36. The Labute approximate surface area is 141 Å². The zero-order chi connectivity index (χ0) is 17.1. The highest BCUT2D eigenvalue weighted by atomic mass is 35.5. The second kappa shape index (κ2) is 7.30. The Morgan fingerprint density at radius 2 is 2.09 bits per heavy atom. The number of non-ortho nitro benzene ring substituents is 1. The van der Waals surface area contributed by atoms with Gasteiger partial charge >= 0.3 is 5.97 Å². The predicted octanol–water partition coefficient (Wildman–Crippen LogP) is 4.87. The van der Waals surface area contributed by atoms with Crippen molar-refractivity contribution in [3.63, 3.8) is 0 Å². The summed E-state index contributed by atoms with van der Waals surface area (Å²) in [6.45, 7) is 6.44. The van der Waals surface area contributed by atoms with E-state index in [9.17, 15) is 14.9 Å². The van der Waals surface area contributed by atoms with Crippen molar-refractivity contribution in [3.05, 3.63) is 38.9 Å². The molecule has 0 bridgehead atoms. The standard InChI is InChI=1S/C17H22ClNO4/c1-10(2)13-6-4-11(3)8-16(13)23-17(20)14-7-5-12(19(21)22)9-15(14)18/h5,7,9-11,13,16H,4,6,8H2,1-3H3/t11-,13-,16+/m1/s1. The first-order chi connectivity index (χ1) is 10.8. The van der Waals surface area contributed by atoms with Crippen LogP contribution < -0.4 is 0 Å². The Morgan fingerprint density at radius 1 is 1.39 bits per heavy atom. The number of hydrogen-bond acceptors (Lipinski definition) is 4. The van der Waals surface area contributed by atoms with E-state index in [2.05, 4.69) is 20.8 Å². The van der Waals surface area contributed by atoms with E-state index in [1.165, 1.54) is 18.2 Å².